The van der Waals surface area contributed by atoms with E-state index >= 15 is 0 Å². The normalized spacial score (nSPS) is 16.8. The predicted molar refractivity (Wildman–Crippen MR) is 98.0 cm³/mol. The van der Waals surface area contributed by atoms with Crippen LogP contribution < -0.4 is 14.2 Å². The number of aromatic nitrogens is 1. The van der Waals surface area contributed by atoms with Gasteiger partial charge < -0.3 is 19.1 Å². The molecule has 1 aliphatic rings. The fourth-order valence-corrected chi connectivity index (χ4v) is 2.97. The number of nitrogens with zero attached hydrogens (tertiary/aromatic N) is 2. The summed E-state index contributed by atoms with van der Waals surface area (Å²) in [6.07, 6.45) is 4.85. The lowest BCUT2D eigenvalue weighted by Gasteiger charge is -2.33. The molecule has 1 atom stereocenters. The monoisotopic (exact) mass is 376 g/mol. The molecule has 3 rings (SSSR count). The zero-order valence-electron chi connectivity index (χ0n) is 14.6. The maximum atomic E-state index is 12.4. The SMILES string of the molecule is COc1ccc(OCC(=O)N2CCCC(Oc3ccncc3Cl)C2)cc1. The number of ether oxygens (including phenoxy) is 3. The van der Waals surface area contributed by atoms with Crippen molar-refractivity contribution in [1.29, 1.82) is 0 Å². The Morgan fingerprint density at radius 2 is 2.04 bits per heavy atom. The molecular formula is C19H21ClN2O4. The van der Waals surface area contributed by atoms with Gasteiger partial charge in [0, 0.05) is 25.0 Å². The van der Waals surface area contributed by atoms with E-state index in [4.69, 9.17) is 25.8 Å². The van der Waals surface area contributed by atoms with E-state index in [1.807, 2.05) is 0 Å². The third-order valence-electron chi connectivity index (χ3n) is 4.18. The second kappa shape index (κ2) is 8.76. The number of pyridine rings is 1. The van der Waals surface area contributed by atoms with Gasteiger partial charge in [-0.2, -0.15) is 0 Å². The second-order valence-corrected chi connectivity index (χ2v) is 6.40. The van der Waals surface area contributed by atoms with Gasteiger partial charge in [0.1, 0.15) is 28.4 Å². The number of benzene rings is 1. The Labute approximate surface area is 157 Å². The Morgan fingerprint density at radius 3 is 2.77 bits per heavy atom. The summed E-state index contributed by atoms with van der Waals surface area (Å²) < 4.78 is 16.6. The van der Waals surface area contributed by atoms with Gasteiger partial charge in [-0.1, -0.05) is 11.6 Å². The van der Waals surface area contributed by atoms with Crippen LogP contribution in [0.3, 0.4) is 0 Å². The molecule has 0 N–H and O–H groups in total. The van der Waals surface area contributed by atoms with Crippen LogP contribution in [0.15, 0.2) is 42.7 Å². The Morgan fingerprint density at radius 1 is 1.27 bits per heavy atom. The van der Waals surface area contributed by atoms with E-state index in [1.54, 1.807) is 54.7 Å². The predicted octanol–water partition coefficient (Wildman–Crippen LogP) is 3.19. The molecule has 1 amide bonds. The fraction of sp³-hybridized carbons (Fsp3) is 0.368. The largest absolute Gasteiger partial charge is 0.497 e. The lowest BCUT2D eigenvalue weighted by molar-refractivity contribution is -0.136. The van der Waals surface area contributed by atoms with Gasteiger partial charge in [-0.25, -0.2) is 0 Å². The smallest absolute Gasteiger partial charge is 0.260 e. The summed E-state index contributed by atoms with van der Waals surface area (Å²) in [5.74, 6) is 1.91. The molecule has 2 heterocycles. The second-order valence-electron chi connectivity index (χ2n) is 5.99. The van der Waals surface area contributed by atoms with Crippen LogP contribution in [0.4, 0.5) is 0 Å². The van der Waals surface area contributed by atoms with Crippen LogP contribution in [-0.4, -0.2) is 48.7 Å². The van der Waals surface area contributed by atoms with Crippen molar-refractivity contribution >= 4 is 17.5 Å². The molecule has 7 heteroatoms. The molecule has 1 aromatic carbocycles. The summed E-state index contributed by atoms with van der Waals surface area (Å²) in [7, 11) is 1.60. The fourth-order valence-electron chi connectivity index (χ4n) is 2.81. The first kappa shape index (κ1) is 18.3. The van der Waals surface area contributed by atoms with E-state index in [0.29, 0.717) is 29.6 Å². The first-order valence-corrected chi connectivity index (χ1v) is 8.84. The lowest BCUT2D eigenvalue weighted by atomic mass is 10.1. The van der Waals surface area contributed by atoms with Crippen LogP contribution in [-0.2, 0) is 4.79 Å². The molecule has 1 unspecified atom stereocenters. The first-order valence-electron chi connectivity index (χ1n) is 8.46. The van der Waals surface area contributed by atoms with Crippen molar-refractivity contribution in [2.75, 3.05) is 26.8 Å². The number of hydrogen-bond donors (Lipinski definition) is 0. The van der Waals surface area contributed by atoms with Crippen molar-refractivity contribution in [3.63, 3.8) is 0 Å². The number of methoxy groups -OCH3 is 1. The summed E-state index contributed by atoms with van der Waals surface area (Å²) in [5.41, 5.74) is 0. The minimum absolute atomic E-state index is 0.00490. The summed E-state index contributed by atoms with van der Waals surface area (Å²) in [5, 5.41) is 0.471. The van der Waals surface area contributed by atoms with Crippen molar-refractivity contribution in [3.8, 4) is 17.2 Å². The molecular weight excluding hydrogens is 356 g/mol. The van der Waals surface area contributed by atoms with Gasteiger partial charge in [0.25, 0.3) is 5.91 Å². The molecule has 0 spiro atoms. The summed E-state index contributed by atoms with van der Waals surface area (Å²) in [6.45, 7) is 1.22. The van der Waals surface area contributed by atoms with Crippen LogP contribution in [0.25, 0.3) is 0 Å². The first-order chi connectivity index (χ1) is 12.7. The zero-order chi connectivity index (χ0) is 18.4. The number of amides is 1. The molecule has 26 heavy (non-hydrogen) atoms. The van der Waals surface area contributed by atoms with Crippen LogP contribution in [0.2, 0.25) is 5.02 Å². The minimum Gasteiger partial charge on any atom is -0.497 e. The Bertz CT molecular complexity index is 739. The van der Waals surface area contributed by atoms with E-state index < -0.39 is 0 Å². The van der Waals surface area contributed by atoms with Crippen molar-refractivity contribution < 1.29 is 19.0 Å². The lowest BCUT2D eigenvalue weighted by Crippen LogP contribution is -2.46. The van der Waals surface area contributed by atoms with Gasteiger partial charge in [0.2, 0.25) is 0 Å². The summed E-state index contributed by atoms with van der Waals surface area (Å²) in [6, 6.07) is 8.88. The van der Waals surface area contributed by atoms with Gasteiger partial charge in [-0.3, -0.25) is 9.78 Å². The molecule has 0 radical (unpaired) electrons. The molecule has 1 aliphatic heterocycles. The quantitative estimate of drug-likeness (QED) is 0.774. The topological polar surface area (TPSA) is 60.9 Å². The molecule has 0 bridgehead atoms. The number of carbonyl (C=O) groups excluding carboxylic acids is 1. The molecule has 1 fully saturated rings. The van der Waals surface area contributed by atoms with E-state index in [2.05, 4.69) is 4.98 Å². The van der Waals surface area contributed by atoms with E-state index in [1.165, 1.54) is 0 Å². The van der Waals surface area contributed by atoms with Crippen LogP contribution in [0.5, 0.6) is 17.2 Å². The van der Waals surface area contributed by atoms with Crippen LogP contribution in [0, 0.1) is 0 Å². The van der Waals surface area contributed by atoms with E-state index in [0.717, 1.165) is 18.6 Å². The number of carbonyl (C=O) groups is 1. The highest BCUT2D eigenvalue weighted by molar-refractivity contribution is 6.31. The van der Waals surface area contributed by atoms with Crippen molar-refractivity contribution in [2.24, 2.45) is 0 Å². The Hall–Kier alpha value is -2.47. The molecule has 1 saturated heterocycles. The number of likely N-dealkylation sites (tertiary alicyclic amines) is 1. The summed E-state index contributed by atoms with van der Waals surface area (Å²) >= 11 is 6.08. The molecule has 1 aromatic heterocycles. The van der Waals surface area contributed by atoms with Crippen molar-refractivity contribution in [2.45, 2.75) is 18.9 Å². The minimum atomic E-state index is -0.0893. The summed E-state index contributed by atoms with van der Waals surface area (Å²) in [4.78, 5) is 18.2. The molecule has 0 aliphatic carbocycles. The average Bonchev–Trinajstić information content (AvgIpc) is 2.68. The van der Waals surface area contributed by atoms with Crippen molar-refractivity contribution in [1.82, 2.24) is 9.88 Å². The van der Waals surface area contributed by atoms with Gasteiger partial charge in [0.05, 0.1) is 13.7 Å². The Balaban J connectivity index is 1.51. The maximum absolute atomic E-state index is 12.4. The molecule has 2 aromatic rings. The number of halogens is 1. The number of rotatable bonds is 6. The van der Waals surface area contributed by atoms with Crippen LogP contribution in [0.1, 0.15) is 12.8 Å². The maximum Gasteiger partial charge on any atom is 0.260 e. The van der Waals surface area contributed by atoms with Crippen molar-refractivity contribution in [3.05, 3.63) is 47.7 Å². The van der Waals surface area contributed by atoms with Gasteiger partial charge >= 0.3 is 0 Å². The third kappa shape index (κ3) is 4.79. The van der Waals surface area contributed by atoms with E-state index in [-0.39, 0.29) is 18.6 Å². The highest BCUT2D eigenvalue weighted by atomic mass is 35.5. The van der Waals surface area contributed by atoms with E-state index in [9.17, 15) is 4.79 Å². The molecule has 138 valence electrons. The number of hydrogen-bond acceptors (Lipinski definition) is 5. The van der Waals surface area contributed by atoms with Gasteiger partial charge in [-0.05, 0) is 37.1 Å². The standard InChI is InChI=1S/C19H21ClN2O4/c1-24-14-4-6-15(7-5-14)25-13-19(23)22-10-2-3-16(12-22)26-18-8-9-21-11-17(18)20/h4-9,11,16H,2-3,10,12-13H2,1H3. The number of piperidine rings is 1. The van der Waals surface area contributed by atoms with Gasteiger partial charge in [0.15, 0.2) is 6.61 Å². The van der Waals surface area contributed by atoms with Crippen LogP contribution >= 0.6 is 11.6 Å². The third-order valence-corrected chi connectivity index (χ3v) is 4.47. The Kier molecular flexibility index (Phi) is 6.17. The molecule has 6 nitrogen and oxygen atoms in total. The molecule has 0 saturated carbocycles. The average molecular weight is 377 g/mol. The highest BCUT2D eigenvalue weighted by Gasteiger charge is 2.25. The highest BCUT2D eigenvalue weighted by Crippen LogP contribution is 2.25. The zero-order valence-corrected chi connectivity index (χ0v) is 15.3. The van der Waals surface area contributed by atoms with Gasteiger partial charge in [-0.15, -0.1) is 0 Å².